The minimum atomic E-state index is -0.482. The van der Waals surface area contributed by atoms with Crippen LogP contribution in [0.2, 0.25) is 0 Å². The molecule has 2 heterocycles. The monoisotopic (exact) mass is 436 g/mol. The fraction of sp³-hybridized carbons (Fsp3) is 0.636. The quantitative estimate of drug-likeness (QED) is 0.620. The summed E-state index contributed by atoms with van der Waals surface area (Å²) in [5, 5.41) is 12.7. The van der Waals surface area contributed by atoms with Gasteiger partial charge in [-0.05, 0) is 45.7 Å². The van der Waals surface area contributed by atoms with Crippen LogP contribution in [-0.2, 0) is 20.9 Å². The Bertz CT molecular complexity index is 732. The molecule has 3 N–H and O–H groups in total. The van der Waals surface area contributed by atoms with Gasteiger partial charge < -0.3 is 20.5 Å². The van der Waals surface area contributed by atoms with Crippen molar-refractivity contribution in [3.63, 3.8) is 0 Å². The molecule has 1 aromatic heterocycles. The van der Waals surface area contributed by atoms with Crippen LogP contribution in [0.4, 0.5) is 10.6 Å². The number of carbonyl (C=O) groups is 3. The van der Waals surface area contributed by atoms with Crippen LogP contribution in [-0.4, -0.2) is 58.2 Å². The first-order valence-corrected chi connectivity index (χ1v) is 10.4. The van der Waals surface area contributed by atoms with Crippen LogP contribution in [0, 0.1) is 5.41 Å². The number of nitrogens with one attached hydrogen (secondary N) is 2. The average molecular weight is 437 g/mol. The average Bonchev–Trinajstić information content (AvgIpc) is 2.62. The van der Waals surface area contributed by atoms with E-state index in [0.717, 1.165) is 38.2 Å². The molecule has 1 saturated heterocycles. The smallest absolute Gasteiger partial charge is 0.407 e. The summed E-state index contributed by atoms with van der Waals surface area (Å²) in [5.74, 6) is 0.532. The fourth-order valence-electron chi connectivity index (χ4n) is 2.88. The van der Waals surface area contributed by atoms with Crippen molar-refractivity contribution in [3.05, 3.63) is 23.9 Å². The van der Waals surface area contributed by atoms with E-state index in [-0.39, 0.29) is 24.5 Å². The highest BCUT2D eigenvalue weighted by molar-refractivity contribution is 5.93. The van der Waals surface area contributed by atoms with Crippen LogP contribution < -0.4 is 10.6 Å². The third-order valence-corrected chi connectivity index (χ3v) is 4.42. The van der Waals surface area contributed by atoms with E-state index in [2.05, 4.69) is 20.5 Å². The number of aromatic nitrogens is 1. The molecule has 0 aromatic carbocycles. The minimum absolute atomic E-state index is 0.0498. The van der Waals surface area contributed by atoms with Gasteiger partial charge in [-0.25, -0.2) is 9.78 Å². The summed E-state index contributed by atoms with van der Waals surface area (Å²) >= 11 is 0. The van der Waals surface area contributed by atoms with Gasteiger partial charge in [0.1, 0.15) is 11.4 Å². The Hall–Kier alpha value is -2.68. The Morgan fingerprint density at radius 1 is 1.19 bits per heavy atom. The van der Waals surface area contributed by atoms with Crippen LogP contribution in [0.5, 0.6) is 0 Å². The number of nitrogens with zero attached hydrogens (tertiary/aromatic N) is 2. The van der Waals surface area contributed by atoms with Crippen LogP contribution in [0.3, 0.4) is 0 Å². The molecule has 2 amide bonds. The van der Waals surface area contributed by atoms with Gasteiger partial charge in [0, 0.05) is 31.1 Å². The first-order valence-electron chi connectivity index (χ1n) is 10.4. The molecule has 0 saturated carbocycles. The summed E-state index contributed by atoms with van der Waals surface area (Å²) in [6, 6.07) is 5.83. The summed E-state index contributed by atoms with van der Waals surface area (Å²) in [6.07, 6.45) is 1.40. The molecule has 0 atom stereocenters. The molecule has 0 spiro atoms. The highest BCUT2D eigenvalue weighted by Gasteiger charge is 2.24. The lowest BCUT2D eigenvalue weighted by Gasteiger charge is -2.32. The SMILES string of the molecule is CC(C)(C)OC(=O)NC1CCN(Cc2cccc(NC(=O)C(C)(C)C)n2)CC1.O=CO. The van der Waals surface area contributed by atoms with E-state index in [9.17, 15) is 9.59 Å². The Kier molecular flexibility index (Phi) is 9.90. The maximum absolute atomic E-state index is 12.1. The second kappa shape index (κ2) is 11.6. The number of hydrogen-bond donors (Lipinski definition) is 3. The van der Waals surface area contributed by atoms with Crippen molar-refractivity contribution >= 4 is 24.3 Å². The molecule has 0 bridgehead atoms. The van der Waals surface area contributed by atoms with Gasteiger partial charge in [0.05, 0.1) is 5.69 Å². The number of piperidine rings is 1. The van der Waals surface area contributed by atoms with E-state index >= 15 is 0 Å². The number of hydrogen-bond acceptors (Lipinski definition) is 6. The molecule has 0 aliphatic carbocycles. The van der Waals surface area contributed by atoms with E-state index < -0.39 is 11.0 Å². The number of anilines is 1. The van der Waals surface area contributed by atoms with E-state index in [1.165, 1.54) is 0 Å². The van der Waals surface area contributed by atoms with Gasteiger partial charge in [-0.15, -0.1) is 0 Å². The minimum Gasteiger partial charge on any atom is -0.483 e. The number of rotatable bonds is 4. The predicted octanol–water partition coefficient (Wildman–Crippen LogP) is 3.26. The van der Waals surface area contributed by atoms with E-state index in [0.29, 0.717) is 5.82 Å². The van der Waals surface area contributed by atoms with Crippen molar-refractivity contribution in [3.8, 4) is 0 Å². The lowest BCUT2D eigenvalue weighted by molar-refractivity contribution is -0.123. The fourth-order valence-corrected chi connectivity index (χ4v) is 2.88. The van der Waals surface area contributed by atoms with Gasteiger partial charge in [0.15, 0.2) is 0 Å². The molecule has 1 aromatic rings. The summed E-state index contributed by atoms with van der Waals surface area (Å²) in [7, 11) is 0. The Morgan fingerprint density at radius 3 is 2.29 bits per heavy atom. The predicted molar refractivity (Wildman–Crippen MR) is 119 cm³/mol. The number of amides is 2. The summed E-state index contributed by atoms with van der Waals surface area (Å²) < 4.78 is 5.32. The normalized spacial score (nSPS) is 15.3. The zero-order valence-corrected chi connectivity index (χ0v) is 19.4. The molecule has 2 rings (SSSR count). The van der Waals surface area contributed by atoms with Gasteiger partial charge in [-0.2, -0.15) is 0 Å². The second-order valence-corrected chi connectivity index (χ2v) is 9.52. The molecule has 9 nitrogen and oxygen atoms in total. The highest BCUT2D eigenvalue weighted by atomic mass is 16.6. The number of pyridine rings is 1. The number of alkyl carbamates (subject to hydrolysis) is 1. The van der Waals surface area contributed by atoms with Crippen LogP contribution in [0.25, 0.3) is 0 Å². The molecular formula is C22H36N4O5. The van der Waals surface area contributed by atoms with Crippen LogP contribution in [0.15, 0.2) is 18.2 Å². The largest absolute Gasteiger partial charge is 0.483 e. The van der Waals surface area contributed by atoms with Gasteiger partial charge in [-0.1, -0.05) is 26.8 Å². The van der Waals surface area contributed by atoms with Gasteiger partial charge in [0.2, 0.25) is 5.91 Å². The molecule has 9 heteroatoms. The first kappa shape index (κ1) is 26.4. The molecule has 0 radical (unpaired) electrons. The number of carboxylic acid groups (broad SMARTS) is 1. The Labute approximate surface area is 184 Å². The number of ether oxygens (including phenoxy) is 1. The molecule has 174 valence electrons. The summed E-state index contributed by atoms with van der Waals surface area (Å²) in [6.45, 7) is 13.4. The molecule has 1 fully saturated rings. The van der Waals surface area contributed by atoms with Crippen molar-refractivity contribution in [2.45, 2.75) is 72.6 Å². The van der Waals surface area contributed by atoms with Crippen LogP contribution >= 0.6 is 0 Å². The first-order chi connectivity index (χ1) is 14.3. The molecule has 0 unspecified atom stereocenters. The maximum atomic E-state index is 12.1. The van der Waals surface area contributed by atoms with Crippen molar-refractivity contribution in [2.75, 3.05) is 18.4 Å². The van der Waals surface area contributed by atoms with Crippen molar-refractivity contribution in [1.82, 2.24) is 15.2 Å². The standard InChI is InChI=1S/C21H34N4O3.CH2O2/c1-20(2,3)18(26)24-17-9-7-8-16(22-17)14-25-12-10-15(11-13-25)23-19(27)28-21(4,5)6;2-1-3/h7-9,15H,10-14H2,1-6H3,(H,23,27)(H,22,24,26);1H,(H,2,3). The second-order valence-electron chi connectivity index (χ2n) is 9.52. The maximum Gasteiger partial charge on any atom is 0.407 e. The van der Waals surface area contributed by atoms with Crippen molar-refractivity contribution in [1.29, 1.82) is 0 Å². The van der Waals surface area contributed by atoms with Crippen molar-refractivity contribution in [2.24, 2.45) is 5.41 Å². The lowest BCUT2D eigenvalue weighted by atomic mass is 9.96. The van der Waals surface area contributed by atoms with Gasteiger partial charge in [-0.3, -0.25) is 14.5 Å². The van der Waals surface area contributed by atoms with E-state index in [4.69, 9.17) is 14.6 Å². The number of likely N-dealkylation sites (tertiary alicyclic amines) is 1. The van der Waals surface area contributed by atoms with Crippen LogP contribution in [0.1, 0.15) is 60.1 Å². The lowest BCUT2D eigenvalue weighted by Crippen LogP contribution is -2.45. The van der Waals surface area contributed by atoms with Gasteiger partial charge >= 0.3 is 6.09 Å². The van der Waals surface area contributed by atoms with Crippen molar-refractivity contribution < 1.29 is 24.2 Å². The van der Waals surface area contributed by atoms with Gasteiger partial charge in [0.25, 0.3) is 6.47 Å². The third-order valence-electron chi connectivity index (χ3n) is 4.42. The molecule has 31 heavy (non-hydrogen) atoms. The highest BCUT2D eigenvalue weighted by Crippen LogP contribution is 2.18. The summed E-state index contributed by atoms with van der Waals surface area (Å²) in [5.41, 5.74) is -0.0184. The third kappa shape index (κ3) is 10.8. The van der Waals surface area contributed by atoms with E-state index in [1.807, 2.05) is 59.7 Å². The zero-order chi connectivity index (χ0) is 23.7. The zero-order valence-electron chi connectivity index (χ0n) is 19.4. The number of carbonyl (C=O) groups excluding carboxylic acids is 2. The summed E-state index contributed by atoms with van der Waals surface area (Å²) in [4.78, 5) is 39.3. The molecular weight excluding hydrogens is 400 g/mol. The van der Waals surface area contributed by atoms with E-state index in [1.54, 1.807) is 0 Å². The topological polar surface area (TPSA) is 121 Å². The molecule has 1 aliphatic rings. The molecule has 1 aliphatic heterocycles. The Balaban J connectivity index is 0.00000151. The Morgan fingerprint density at radius 2 is 1.77 bits per heavy atom.